The number of aryl methyl sites for hydroxylation is 1. The van der Waals surface area contributed by atoms with Crippen LogP contribution in [0.25, 0.3) is 11.3 Å². The van der Waals surface area contributed by atoms with Crippen LogP contribution >= 0.6 is 0 Å². The van der Waals surface area contributed by atoms with Crippen molar-refractivity contribution in [1.29, 1.82) is 0 Å². The number of rotatable bonds is 8. The van der Waals surface area contributed by atoms with Gasteiger partial charge in [-0.05, 0) is 43.7 Å². The lowest BCUT2D eigenvalue weighted by Crippen LogP contribution is -2.38. The maximum absolute atomic E-state index is 11.6. The molecule has 162 valence electrons. The molecule has 2 aromatic rings. The number of hydrogen-bond donors (Lipinski definition) is 2. The van der Waals surface area contributed by atoms with Crippen molar-refractivity contribution in [3.05, 3.63) is 35.8 Å². The summed E-state index contributed by atoms with van der Waals surface area (Å²) < 4.78 is 0. The number of nitrogens with one attached hydrogen (secondary N) is 1. The van der Waals surface area contributed by atoms with Gasteiger partial charge in [-0.15, -0.1) is 0 Å². The lowest BCUT2D eigenvalue weighted by Gasteiger charge is -2.40. The highest BCUT2D eigenvalue weighted by molar-refractivity contribution is 5.83. The highest BCUT2D eigenvalue weighted by Crippen LogP contribution is 2.39. The Morgan fingerprint density at radius 3 is 2.53 bits per heavy atom. The van der Waals surface area contributed by atoms with E-state index in [1.807, 2.05) is 31.5 Å². The molecule has 0 amide bonds. The minimum Gasteiger partial charge on any atom is -0.481 e. The standard InChI is InChI=1S/C24H34N4O2/c1-5-6-11-25-18-7-8-21(27-15-18)20-16-26-17(2)19(14-22(29)30)23(20)28-12-9-24(3,4)10-13-28/h7-8,15-16,25H,5-6,9-14H2,1-4H3,(H,29,30). The molecule has 30 heavy (non-hydrogen) atoms. The number of aromatic nitrogens is 2. The summed E-state index contributed by atoms with van der Waals surface area (Å²) in [6.07, 6.45) is 8.10. The number of hydrogen-bond acceptors (Lipinski definition) is 5. The van der Waals surface area contributed by atoms with Crippen LogP contribution < -0.4 is 10.2 Å². The van der Waals surface area contributed by atoms with Gasteiger partial charge < -0.3 is 15.3 Å². The average molecular weight is 411 g/mol. The zero-order chi connectivity index (χ0) is 21.7. The molecule has 2 N–H and O–H groups in total. The maximum Gasteiger partial charge on any atom is 0.307 e. The van der Waals surface area contributed by atoms with E-state index in [4.69, 9.17) is 0 Å². The van der Waals surface area contributed by atoms with Crippen molar-refractivity contribution in [3.63, 3.8) is 0 Å². The molecule has 0 aliphatic carbocycles. The third kappa shape index (κ3) is 5.29. The highest BCUT2D eigenvalue weighted by Gasteiger charge is 2.29. The first-order valence-electron chi connectivity index (χ1n) is 11.0. The Kier molecular flexibility index (Phi) is 6.95. The van der Waals surface area contributed by atoms with Crippen molar-refractivity contribution in [1.82, 2.24) is 9.97 Å². The van der Waals surface area contributed by atoms with Crippen LogP contribution in [0.2, 0.25) is 0 Å². The molecule has 1 fully saturated rings. The van der Waals surface area contributed by atoms with Crippen LogP contribution in [0.4, 0.5) is 11.4 Å². The SMILES string of the molecule is CCCCNc1ccc(-c2cnc(C)c(CC(=O)O)c2N2CCC(C)(C)CC2)nc1. The summed E-state index contributed by atoms with van der Waals surface area (Å²) >= 11 is 0. The quantitative estimate of drug-likeness (QED) is 0.602. The fraction of sp³-hybridized carbons (Fsp3) is 0.542. The fourth-order valence-corrected chi connectivity index (χ4v) is 3.95. The van der Waals surface area contributed by atoms with Crippen LogP contribution in [0.1, 0.15) is 57.7 Å². The van der Waals surface area contributed by atoms with Crippen LogP contribution in [0.3, 0.4) is 0 Å². The molecule has 0 saturated carbocycles. The topological polar surface area (TPSA) is 78.3 Å². The number of nitrogens with zero attached hydrogens (tertiary/aromatic N) is 3. The molecule has 1 saturated heterocycles. The van der Waals surface area contributed by atoms with Gasteiger partial charge in [0.25, 0.3) is 0 Å². The van der Waals surface area contributed by atoms with Crippen LogP contribution in [0.15, 0.2) is 24.5 Å². The summed E-state index contributed by atoms with van der Waals surface area (Å²) in [5.74, 6) is -0.834. The molecule has 6 nitrogen and oxygen atoms in total. The molecule has 0 radical (unpaired) electrons. The zero-order valence-electron chi connectivity index (χ0n) is 18.7. The van der Waals surface area contributed by atoms with Crippen LogP contribution in [-0.4, -0.2) is 40.7 Å². The van der Waals surface area contributed by atoms with Crippen LogP contribution in [0.5, 0.6) is 0 Å². The maximum atomic E-state index is 11.6. The second-order valence-corrected chi connectivity index (χ2v) is 9.02. The van der Waals surface area contributed by atoms with Gasteiger partial charge in [0, 0.05) is 42.7 Å². The summed E-state index contributed by atoms with van der Waals surface area (Å²) in [5, 5.41) is 12.9. The predicted octanol–water partition coefficient (Wildman–Crippen LogP) is 4.92. The first kappa shape index (κ1) is 22.1. The van der Waals surface area contributed by atoms with Crippen LogP contribution in [0, 0.1) is 12.3 Å². The Morgan fingerprint density at radius 2 is 1.93 bits per heavy atom. The summed E-state index contributed by atoms with van der Waals surface area (Å²) in [6.45, 7) is 11.4. The molecule has 1 aliphatic heterocycles. The van der Waals surface area contributed by atoms with E-state index in [9.17, 15) is 9.90 Å². The highest BCUT2D eigenvalue weighted by atomic mass is 16.4. The minimum atomic E-state index is -0.834. The molecule has 0 aromatic carbocycles. The molecule has 0 unspecified atom stereocenters. The van der Waals surface area contributed by atoms with Gasteiger partial charge in [-0.1, -0.05) is 27.2 Å². The van der Waals surface area contributed by atoms with Gasteiger partial charge in [-0.2, -0.15) is 0 Å². The minimum absolute atomic E-state index is 0.0292. The van der Waals surface area contributed by atoms with Crippen LogP contribution in [-0.2, 0) is 11.2 Å². The Hall–Kier alpha value is -2.63. The van der Waals surface area contributed by atoms with E-state index < -0.39 is 5.97 Å². The Balaban J connectivity index is 1.98. The smallest absolute Gasteiger partial charge is 0.307 e. The van der Waals surface area contributed by atoms with E-state index in [2.05, 4.69) is 41.0 Å². The molecule has 6 heteroatoms. The van der Waals surface area contributed by atoms with E-state index >= 15 is 0 Å². The number of anilines is 2. The molecular formula is C24H34N4O2. The number of aliphatic carboxylic acids is 1. The van der Waals surface area contributed by atoms with Gasteiger partial charge in [0.15, 0.2) is 0 Å². The van der Waals surface area contributed by atoms with Gasteiger partial charge in [0.2, 0.25) is 0 Å². The lowest BCUT2D eigenvalue weighted by molar-refractivity contribution is -0.136. The second kappa shape index (κ2) is 9.45. The zero-order valence-corrected chi connectivity index (χ0v) is 18.7. The number of pyridine rings is 2. The summed E-state index contributed by atoms with van der Waals surface area (Å²) in [4.78, 5) is 23.2. The van der Waals surface area contributed by atoms with Crippen molar-refractivity contribution in [3.8, 4) is 11.3 Å². The first-order valence-corrected chi connectivity index (χ1v) is 11.0. The van der Waals surface area contributed by atoms with Gasteiger partial charge in [0.05, 0.1) is 29.7 Å². The monoisotopic (exact) mass is 410 g/mol. The summed E-state index contributed by atoms with van der Waals surface area (Å²) in [6, 6.07) is 4.04. The van der Waals surface area contributed by atoms with E-state index in [1.165, 1.54) is 0 Å². The van der Waals surface area contributed by atoms with Crippen molar-refractivity contribution >= 4 is 17.3 Å². The molecular weight excluding hydrogens is 376 g/mol. The normalized spacial score (nSPS) is 15.8. The Bertz CT molecular complexity index is 868. The number of carboxylic acid groups (broad SMARTS) is 1. The van der Waals surface area contributed by atoms with E-state index in [0.29, 0.717) is 5.41 Å². The molecule has 3 heterocycles. The molecule has 3 rings (SSSR count). The molecule has 0 bridgehead atoms. The van der Waals surface area contributed by atoms with E-state index in [-0.39, 0.29) is 6.42 Å². The Labute approximate surface area is 179 Å². The largest absolute Gasteiger partial charge is 0.481 e. The average Bonchev–Trinajstić information content (AvgIpc) is 2.70. The lowest BCUT2D eigenvalue weighted by atomic mass is 9.82. The van der Waals surface area contributed by atoms with Crippen molar-refractivity contribution < 1.29 is 9.90 Å². The third-order valence-corrected chi connectivity index (χ3v) is 6.03. The first-order chi connectivity index (χ1) is 14.3. The Morgan fingerprint density at radius 1 is 1.20 bits per heavy atom. The summed E-state index contributed by atoms with van der Waals surface area (Å²) in [5.41, 5.74) is 5.62. The fourth-order valence-electron chi connectivity index (χ4n) is 3.95. The molecule has 0 atom stereocenters. The molecule has 1 aliphatic rings. The van der Waals surface area contributed by atoms with E-state index in [1.54, 1.807) is 0 Å². The number of carbonyl (C=O) groups is 1. The van der Waals surface area contributed by atoms with Crippen molar-refractivity contribution in [2.45, 2.75) is 59.8 Å². The van der Waals surface area contributed by atoms with Gasteiger partial charge in [-0.25, -0.2) is 0 Å². The van der Waals surface area contributed by atoms with Gasteiger partial charge in [0.1, 0.15) is 0 Å². The molecule has 2 aromatic heterocycles. The number of carboxylic acids is 1. The summed E-state index contributed by atoms with van der Waals surface area (Å²) in [7, 11) is 0. The van der Waals surface area contributed by atoms with E-state index in [0.717, 1.165) is 79.2 Å². The predicted molar refractivity (Wildman–Crippen MR) is 122 cm³/mol. The third-order valence-electron chi connectivity index (χ3n) is 6.03. The second-order valence-electron chi connectivity index (χ2n) is 9.02. The molecule has 0 spiro atoms. The number of unbranched alkanes of at least 4 members (excludes halogenated alkanes) is 1. The van der Waals surface area contributed by atoms with Gasteiger partial charge in [-0.3, -0.25) is 14.8 Å². The van der Waals surface area contributed by atoms with Crippen molar-refractivity contribution in [2.24, 2.45) is 5.41 Å². The van der Waals surface area contributed by atoms with Crippen molar-refractivity contribution in [2.75, 3.05) is 29.9 Å². The number of piperidine rings is 1. The van der Waals surface area contributed by atoms with Gasteiger partial charge >= 0.3 is 5.97 Å².